The molecular formula is C83H125N7O21. The van der Waals surface area contributed by atoms with E-state index in [2.05, 4.69) is 14.9 Å². The zero-order valence-corrected chi connectivity index (χ0v) is 69.6. The maximum absolute atomic E-state index is 14.8. The Morgan fingerprint density at radius 2 is 1.21 bits per heavy atom. The van der Waals surface area contributed by atoms with Crippen LogP contribution in [0.1, 0.15) is 178 Å². The van der Waals surface area contributed by atoms with Gasteiger partial charge in [-0.25, -0.2) is 23.9 Å². The second-order valence-corrected chi connectivity index (χ2v) is 32.2. The summed E-state index contributed by atoms with van der Waals surface area (Å²) in [4.78, 5) is 142. The zero-order valence-electron chi connectivity index (χ0n) is 69.6. The minimum Gasteiger partial charge on any atom is -0.457 e. The number of rotatable bonds is 20. The van der Waals surface area contributed by atoms with Gasteiger partial charge in [0.05, 0.1) is 53.3 Å². The molecule has 0 radical (unpaired) electrons. The maximum Gasteiger partial charge on any atom is 0.420 e. The Labute approximate surface area is 655 Å². The number of allylic oxidation sites excluding steroid dienone is 1. The minimum atomic E-state index is -1.57. The SMILES string of the molecule is CC[C@H]1OC(=O)[C@H](C)C(=O)[C@H](C)[C@@H](OC2O[C@H](C)C[C@H](N(C)C)[C@H]2O)[C@@](C)(OC)C[C@@H](C)C(=O)[C@H](C)[C@H]2N(CCN(C)Cc3cccnc3)C(=O)O[C@]12CC.CC[C@H]1OC(=O)[C@H](C)C(=O)[C@H](C)[C@@H](OC2O[C@H](C)C[C@H](N(C)C)[C@H]2OC(=O)c2ccccc2)[C@@](C)(OC)C[C@@H](C)C(=O)/C(C)=C/[C@]1(CC)OC(=O)n1ccnc1. The van der Waals surface area contributed by atoms with Gasteiger partial charge in [0.15, 0.2) is 47.2 Å². The van der Waals surface area contributed by atoms with Gasteiger partial charge < -0.3 is 71.9 Å². The van der Waals surface area contributed by atoms with Crippen LogP contribution in [-0.4, -0.2) is 257 Å². The van der Waals surface area contributed by atoms with E-state index in [0.29, 0.717) is 31.5 Å². The number of hydrogen-bond donors (Lipinski definition) is 1. The molecule has 0 spiro atoms. The number of fused-ring (bicyclic) bond motifs is 1. The lowest BCUT2D eigenvalue weighted by atomic mass is 9.72. The van der Waals surface area contributed by atoms with E-state index < -0.39 is 161 Å². The summed E-state index contributed by atoms with van der Waals surface area (Å²) in [6.45, 7) is 29.2. The van der Waals surface area contributed by atoms with Gasteiger partial charge in [-0.1, -0.05) is 86.6 Å². The van der Waals surface area contributed by atoms with Crippen molar-refractivity contribution in [3.63, 3.8) is 0 Å². The molecule has 2 aromatic heterocycles. The topological polar surface area (TPSA) is 319 Å². The Balaban J connectivity index is 0.000000308. The summed E-state index contributed by atoms with van der Waals surface area (Å²) in [6, 6.07) is 11.1. The molecule has 0 aliphatic carbocycles. The number of methoxy groups -OCH3 is 2. The standard InChI is InChI=1S/C42H59N3O11.C41H66N4O10/c1-12-32-42(13-2,56-40(50)45-20-19-43-24-45)23-26(4)33(46)25(3)22-41(8,51-11)36(28(6)34(47)29(7)37(48)53-32)55-39-35(31(44(9)10)21-27(5)52-39)54-38(49)30-17-15-14-16-18-30;1-13-31-41(14-2)35(45(39(50)55-41)19-18-44(11)23-29-16-15-17-42-22-29)26(5)32(46)24(3)21-40(8,51-12)36(27(6)33(47)28(7)37(49)53-31)54-38-34(48)30(43(9)10)20-25(4)52-38/h14-20,23-25,27-29,31-32,35-36,39H,12-13,21-22H2,1-11H3;15-17,22,24-28,30-31,34-36,38,48H,13-14,18-21,23H2,1-12H3/b26-23+;/t25-,27-,28+,29-,31+,32-,35-,36-,39?,41+,42+;24-,25-,26+,27+,28-,30+,31-,34-,35-,36-,38?,40+,41-/m11/s1. The molecule has 0 saturated carbocycles. The third-order valence-electron chi connectivity index (χ3n) is 23.7. The molecule has 7 heterocycles. The fourth-order valence-corrected chi connectivity index (χ4v) is 17.1. The number of cyclic esters (lactones) is 2. The normalized spacial score (nSPS) is 36.3. The number of aromatic nitrogens is 3. The van der Waals surface area contributed by atoms with Gasteiger partial charge in [0, 0.05) is 94.3 Å². The molecule has 0 bridgehead atoms. The third-order valence-corrected chi connectivity index (χ3v) is 23.7. The van der Waals surface area contributed by atoms with Gasteiger partial charge in [-0.15, -0.1) is 0 Å². The number of imidazole rings is 1. The van der Waals surface area contributed by atoms with Crippen LogP contribution in [0.3, 0.4) is 0 Å². The Morgan fingerprint density at radius 1 is 0.658 bits per heavy atom. The second kappa shape index (κ2) is 39.2. The van der Waals surface area contributed by atoms with Crippen molar-refractivity contribution >= 4 is 53.2 Å². The highest BCUT2D eigenvalue weighted by molar-refractivity contribution is 6.01. The van der Waals surface area contributed by atoms with Crippen LogP contribution in [0.25, 0.3) is 0 Å². The summed E-state index contributed by atoms with van der Waals surface area (Å²) in [5, 5.41) is 11.4. The first-order valence-corrected chi connectivity index (χ1v) is 39.3. The van der Waals surface area contributed by atoms with Crippen molar-refractivity contribution in [3.8, 4) is 0 Å². The van der Waals surface area contributed by atoms with Crippen LogP contribution in [0.5, 0.6) is 0 Å². The van der Waals surface area contributed by atoms with Crippen LogP contribution < -0.4 is 0 Å². The molecule has 2 unspecified atom stereocenters. The smallest absolute Gasteiger partial charge is 0.420 e. The van der Waals surface area contributed by atoms with E-state index >= 15 is 0 Å². The first-order valence-electron chi connectivity index (χ1n) is 39.3. The molecule has 618 valence electrons. The second-order valence-electron chi connectivity index (χ2n) is 32.2. The number of nitrogens with zero attached hydrogens (tertiary/aromatic N) is 7. The van der Waals surface area contributed by atoms with E-state index in [-0.39, 0.29) is 86.5 Å². The molecule has 28 heteroatoms. The van der Waals surface area contributed by atoms with Crippen molar-refractivity contribution in [1.82, 2.24) is 34.1 Å². The highest BCUT2D eigenvalue weighted by atomic mass is 16.7. The van der Waals surface area contributed by atoms with E-state index in [1.165, 1.54) is 46.8 Å². The molecular weight excluding hydrogens is 1430 g/mol. The first-order chi connectivity index (χ1) is 52.3. The van der Waals surface area contributed by atoms with Crippen LogP contribution in [0.2, 0.25) is 0 Å². The average molecular weight is 1560 g/mol. The Bertz CT molecular complexity index is 3660. The van der Waals surface area contributed by atoms with E-state index in [4.69, 9.17) is 52.1 Å². The van der Waals surface area contributed by atoms with Crippen molar-refractivity contribution in [2.24, 2.45) is 41.4 Å². The van der Waals surface area contributed by atoms with Crippen molar-refractivity contribution in [1.29, 1.82) is 0 Å². The number of esters is 3. The lowest BCUT2D eigenvalue weighted by molar-refractivity contribution is -0.295. The van der Waals surface area contributed by atoms with Gasteiger partial charge in [0.25, 0.3) is 0 Å². The van der Waals surface area contributed by atoms with Crippen molar-refractivity contribution in [3.05, 3.63) is 96.4 Å². The van der Waals surface area contributed by atoms with Gasteiger partial charge >= 0.3 is 30.1 Å². The van der Waals surface area contributed by atoms with Crippen molar-refractivity contribution in [2.45, 2.75) is 271 Å². The van der Waals surface area contributed by atoms with Crippen molar-refractivity contribution in [2.75, 3.05) is 62.5 Å². The number of hydrogen-bond acceptors (Lipinski definition) is 26. The van der Waals surface area contributed by atoms with Gasteiger partial charge in [0.2, 0.25) is 0 Å². The zero-order chi connectivity index (χ0) is 82.5. The maximum atomic E-state index is 14.8. The summed E-state index contributed by atoms with van der Waals surface area (Å²) in [6.07, 6.45) is 1.02. The van der Waals surface area contributed by atoms with E-state index in [9.17, 15) is 48.3 Å². The minimum absolute atomic E-state index is 0.0770. The lowest BCUT2D eigenvalue weighted by Crippen LogP contribution is -2.61. The van der Waals surface area contributed by atoms with Crippen LogP contribution in [0, 0.1) is 41.4 Å². The van der Waals surface area contributed by atoms with Gasteiger partial charge in [-0.05, 0) is 170 Å². The fourth-order valence-electron chi connectivity index (χ4n) is 17.1. The molecule has 5 aliphatic heterocycles. The molecule has 4 fully saturated rings. The number of likely N-dealkylation sites (N-methyl/N-ethyl adjacent to an activating group) is 3. The summed E-state index contributed by atoms with van der Waals surface area (Å²) in [7, 11) is 12.4. The predicted molar refractivity (Wildman–Crippen MR) is 410 cm³/mol. The van der Waals surface area contributed by atoms with Gasteiger partial charge in [-0.3, -0.25) is 38.7 Å². The Morgan fingerprint density at radius 3 is 1.72 bits per heavy atom. The number of aliphatic hydroxyl groups is 1. The highest BCUT2D eigenvalue weighted by Gasteiger charge is 2.63. The van der Waals surface area contributed by atoms with Gasteiger partial charge in [-0.2, -0.15) is 0 Å². The summed E-state index contributed by atoms with van der Waals surface area (Å²) in [5.41, 5.74) is -3.87. The van der Waals surface area contributed by atoms with Crippen LogP contribution in [0.15, 0.2) is 85.2 Å². The van der Waals surface area contributed by atoms with Crippen LogP contribution in [-0.2, 0) is 87.4 Å². The Kier molecular flexibility index (Phi) is 32.1. The number of aliphatic hydroxyl groups excluding tert-OH is 1. The highest BCUT2D eigenvalue weighted by Crippen LogP contribution is 2.46. The number of carbonyl (C=O) groups excluding carboxylic acids is 9. The molecule has 1 aromatic carbocycles. The third kappa shape index (κ3) is 20.8. The predicted octanol–water partition coefficient (Wildman–Crippen LogP) is 9.92. The van der Waals surface area contributed by atoms with Gasteiger partial charge in [0.1, 0.15) is 42.3 Å². The first kappa shape index (κ1) is 90.9. The molecule has 4 saturated heterocycles. The van der Waals surface area contributed by atoms with E-state index in [1.54, 1.807) is 109 Å². The lowest BCUT2D eigenvalue weighted by Gasteiger charge is -2.47. The number of benzene rings is 1. The summed E-state index contributed by atoms with van der Waals surface area (Å²) < 4.78 is 70.2. The summed E-state index contributed by atoms with van der Waals surface area (Å²) in [5.74, 6) is -10.1. The summed E-state index contributed by atoms with van der Waals surface area (Å²) >= 11 is 0. The number of pyridine rings is 1. The van der Waals surface area contributed by atoms with E-state index in [1.807, 2.05) is 98.7 Å². The number of Topliss-reactive ketones (excluding diaryl/α,β-unsaturated/α-hetero) is 4. The van der Waals surface area contributed by atoms with E-state index in [0.717, 1.165) is 10.1 Å². The monoisotopic (exact) mass is 1560 g/mol. The Hall–Kier alpha value is -7.25. The molecule has 24 atom stereocenters. The average Bonchev–Trinajstić information content (AvgIpc) is 1.60. The van der Waals surface area contributed by atoms with Crippen LogP contribution in [0.4, 0.5) is 9.59 Å². The number of amides is 1. The molecule has 1 amide bonds. The molecule has 5 aliphatic rings. The largest absolute Gasteiger partial charge is 0.457 e. The van der Waals surface area contributed by atoms with Crippen molar-refractivity contribution < 1.29 is 100 Å². The molecule has 8 rings (SSSR count). The number of ketones is 4. The van der Waals surface area contributed by atoms with Crippen LogP contribution >= 0.6 is 0 Å². The number of ether oxygens (including phenoxy) is 11. The fraction of sp³-hybridized carbons (Fsp3) is 0.699. The molecule has 3 aromatic rings. The molecule has 111 heavy (non-hydrogen) atoms. The number of carbonyl (C=O) groups is 9. The molecule has 1 N–H and O–H groups in total. The quantitative estimate of drug-likeness (QED) is 0.0624. The molecule has 28 nitrogen and oxygen atoms in total.